The SMILES string of the molecule is O=C(O)C1CN(c2cc(F)c(N3CC(F)(F)C3)c(F)c2)C(=O)O1. The van der Waals surface area contributed by atoms with Crippen molar-refractivity contribution in [2.45, 2.75) is 12.0 Å². The molecule has 6 nitrogen and oxygen atoms in total. The molecular formula is C13H10F4N2O4. The first-order chi connectivity index (χ1) is 10.7. The van der Waals surface area contributed by atoms with Crippen LogP contribution in [-0.4, -0.2) is 48.8 Å². The monoisotopic (exact) mass is 334 g/mol. The van der Waals surface area contributed by atoms with Crippen molar-refractivity contribution in [3.05, 3.63) is 23.8 Å². The largest absolute Gasteiger partial charge is 0.478 e. The number of nitrogens with zero attached hydrogens (tertiary/aromatic N) is 2. The van der Waals surface area contributed by atoms with E-state index in [2.05, 4.69) is 4.74 Å². The molecule has 0 spiro atoms. The van der Waals surface area contributed by atoms with Gasteiger partial charge in [0.1, 0.15) is 5.69 Å². The number of cyclic esters (lactones) is 1. The Morgan fingerprint density at radius 1 is 1.26 bits per heavy atom. The van der Waals surface area contributed by atoms with Crippen LogP contribution in [0.5, 0.6) is 0 Å². The number of alkyl halides is 2. The van der Waals surface area contributed by atoms with Crippen LogP contribution in [0.15, 0.2) is 12.1 Å². The van der Waals surface area contributed by atoms with Gasteiger partial charge < -0.3 is 14.7 Å². The molecule has 10 heteroatoms. The molecule has 1 amide bonds. The van der Waals surface area contributed by atoms with Gasteiger partial charge in [-0.1, -0.05) is 0 Å². The molecule has 2 aliphatic heterocycles. The molecule has 2 heterocycles. The first-order valence-corrected chi connectivity index (χ1v) is 6.51. The number of carbonyl (C=O) groups is 2. The smallest absolute Gasteiger partial charge is 0.415 e. The van der Waals surface area contributed by atoms with E-state index in [1.165, 1.54) is 0 Å². The third-order valence-electron chi connectivity index (χ3n) is 3.56. The van der Waals surface area contributed by atoms with E-state index in [1.807, 2.05) is 0 Å². The molecule has 2 aliphatic rings. The van der Waals surface area contributed by atoms with Gasteiger partial charge in [-0.3, -0.25) is 4.90 Å². The molecule has 0 aromatic heterocycles. The van der Waals surface area contributed by atoms with Crippen molar-refractivity contribution in [3.8, 4) is 0 Å². The molecule has 2 fully saturated rings. The van der Waals surface area contributed by atoms with Crippen LogP contribution in [0.3, 0.4) is 0 Å². The summed E-state index contributed by atoms with van der Waals surface area (Å²) >= 11 is 0. The molecule has 0 aliphatic carbocycles. The van der Waals surface area contributed by atoms with Crippen molar-refractivity contribution in [2.75, 3.05) is 29.4 Å². The average Bonchev–Trinajstić information content (AvgIpc) is 2.78. The maximum Gasteiger partial charge on any atom is 0.415 e. The maximum atomic E-state index is 14.0. The molecule has 1 atom stereocenters. The van der Waals surface area contributed by atoms with Gasteiger partial charge in [0, 0.05) is 12.1 Å². The average molecular weight is 334 g/mol. The highest BCUT2D eigenvalue weighted by Crippen LogP contribution is 2.37. The molecule has 1 unspecified atom stereocenters. The van der Waals surface area contributed by atoms with Crippen LogP contribution in [0.4, 0.5) is 33.7 Å². The molecule has 124 valence electrons. The van der Waals surface area contributed by atoms with E-state index in [0.717, 1.165) is 21.9 Å². The summed E-state index contributed by atoms with van der Waals surface area (Å²) in [5, 5.41) is 8.78. The van der Waals surface area contributed by atoms with Crippen LogP contribution < -0.4 is 9.80 Å². The van der Waals surface area contributed by atoms with Gasteiger partial charge in [-0.25, -0.2) is 27.2 Å². The number of halogens is 4. The molecule has 1 N–H and O–H groups in total. The van der Waals surface area contributed by atoms with E-state index in [9.17, 15) is 27.2 Å². The van der Waals surface area contributed by atoms with Crippen LogP contribution in [0.25, 0.3) is 0 Å². The van der Waals surface area contributed by atoms with E-state index >= 15 is 0 Å². The van der Waals surface area contributed by atoms with Crippen LogP contribution >= 0.6 is 0 Å². The standard InChI is InChI=1S/C13H10F4N2O4/c14-7-1-6(19-3-9(11(20)21)23-12(19)22)2-8(15)10(7)18-4-13(16,17)5-18/h1-2,9H,3-5H2,(H,20,21). The molecule has 2 saturated heterocycles. The fourth-order valence-corrected chi connectivity index (χ4v) is 2.48. The Bertz CT molecular complexity index is 666. The van der Waals surface area contributed by atoms with Crippen molar-refractivity contribution in [3.63, 3.8) is 0 Å². The maximum absolute atomic E-state index is 14.0. The highest BCUT2D eigenvalue weighted by Gasteiger charge is 2.46. The first kappa shape index (κ1) is 15.4. The van der Waals surface area contributed by atoms with Gasteiger partial charge in [-0.15, -0.1) is 0 Å². The Labute approximate surface area is 126 Å². The highest BCUT2D eigenvalue weighted by molar-refractivity contribution is 5.94. The normalized spacial score (nSPS) is 22.8. The molecule has 1 aromatic carbocycles. The topological polar surface area (TPSA) is 70.1 Å². The van der Waals surface area contributed by atoms with Crippen molar-refractivity contribution < 1.29 is 37.0 Å². The summed E-state index contributed by atoms with van der Waals surface area (Å²) in [6.07, 6.45) is -2.50. The van der Waals surface area contributed by atoms with Gasteiger partial charge in [-0.05, 0) is 0 Å². The summed E-state index contributed by atoms with van der Waals surface area (Å²) in [7, 11) is 0. The van der Waals surface area contributed by atoms with Gasteiger partial charge in [0.2, 0.25) is 6.10 Å². The lowest BCUT2D eigenvalue weighted by molar-refractivity contribution is -0.144. The number of benzene rings is 1. The first-order valence-electron chi connectivity index (χ1n) is 6.51. The van der Waals surface area contributed by atoms with E-state index in [0.29, 0.717) is 0 Å². The highest BCUT2D eigenvalue weighted by atomic mass is 19.3. The molecule has 23 heavy (non-hydrogen) atoms. The predicted molar refractivity (Wildman–Crippen MR) is 68.8 cm³/mol. The molecule has 3 rings (SSSR count). The molecule has 0 saturated carbocycles. The number of carbonyl (C=O) groups excluding carboxylic acids is 1. The zero-order valence-corrected chi connectivity index (χ0v) is 11.4. The third-order valence-corrected chi connectivity index (χ3v) is 3.56. The second-order valence-electron chi connectivity index (χ2n) is 5.29. The number of hydrogen-bond acceptors (Lipinski definition) is 4. The number of aliphatic carboxylic acids is 1. The lowest BCUT2D eigenvalue weighted by Gasteiger charge is -2.40. The van der Waals surface area contributed by atoms with Gasteiger partial charge in [-0.2, -0.15) is 0 Å². The lowest BCUT2D eigenvalue weighted by atomic mass is 10.1. The third kappa shape index (κ3) is 2.64. The zero-order valence-electron chi connectivity index (χ0n) is 11.4. The summed E-state index contributed by atoms with van der Waals surface area (Å²) in [5.41, 5.74) is -0.855. The molecule has 0 bridgehead atoms. The number of hydrogen-bond donors (Lipinski definition) is 1. The van der Waals surface area contributed by atoms with Gasteiger partial charge >= 0.3 is 12.1 Å². The fraction of sp³-hybridized carbons (Fsp3) is 0.385. The predicted octanol–water partition coefficient (Wildman–Crippen LogP) is 1.83. The van der Waals surface area contributed by atoms with Crippen molar-refractivity contribution in [1.82, 2.24) is 0 Å². The van der Waals surface area contributed by atoms with Crippen molar-refractivity contribution in [2.24, 2.45) is 0 Å². The van der Waals surface area contributed by atoms with Crippen LogP contribution in [0.2, 0.25) is 0 Å². The number of ether oxygens (including phenoxy) is 1. The molecule has 1 aromatic rings. The molecule has 0 radical (unpaired) electrons. The summed E-state index contributed by atoms with van der Waals surface area (Å²) in [6, 6.07) is 1.56. The number of carboxylic acid groups (broad SMARTS) is 1. The molecular weight excluding hydrogens is 324 g/mol. The zero-order chi connectivity index (χ0) is 16.9. The number of anilines is 2. The number of amides is 1. The van der Waals surface area contributed by atoms with E-state index in [4.69, 9.17) is 5.11 Å². The number of carboxylic acids is 1. The minimum atomic E-state index is -3.00. The summed E-state index contributed by atoms with van der Waals surface area (Å²) in [5.74, 6) is -6.63. The van der Waals surface area contributed by atoms with Crippen LogP contribution in [0, 0.1) is 11.6 Å². The summed E-state index contributed by atoms with van der Waals surface area (Å²) in [4.78, 5) is 24.0. The quantitative estimate of drug-likeness (QED) is 0.854. The van der Waals surface area contributed by atoms with E-state index < -0.39 is 61.0 Å². The minimum Gasteiger partial charge on any atom is -0.478 e. The fourth-order valence-electron chi connectivity index (χ4n) is 2.48. The van der Waals surface area contributed by atoms with Crippen molar-refractivity contribution >= 4 is 23.4 Å². The Balaban J connectivity index is 1.86. The Kier molecular flexibility index (Phi) is 3.34. The number of rotatable bonds is 3. The Hall–Kier alpha value is -2.52. The minimum absolute atomic E-state index is 0.246. The second-order valence-corrected chi connectivity index (χ2v) is 5.29. The lowest BCUT2D eigenvalue weighted by Crippen LogP contribution is -2.57. The van der Waals surface area contributed by atoms with Crippen LogP contribution in [-0.2, 0) is 9.53 Å². The Morgan fingerprint density at radius 3 is 2.26 bits per heavy atom. The summed E-state index contributed by atoms with van der Waals surface area (Å²) < 4.78 is 58.3. The summed E-state index contributed by atoms with van der Waals surface area (Å²) in [6.45, 7) is -2.01. The van der Waals surface area contributed by atoms with Crippen LogP contribution in [0.1, 0.15) is 0 Å². The van der Waals surface area contributed by atoms with Crippen molar-refractivity contribution in [1.29, 1.82) is 0 Å². The van der Waals surface area contributed by atoms with E-state index in [-0.39, 0.29) is 5.69 Å². The van der Waals surface area contributed by atoms with Gasteiger partial charge in [0.15, 0.2) is 11.6 Å². The van der Waals surface area contributed by atoms with Gasteiger partial charge in [0.05, 0.1) is 25.3 Å². The Morgan fingerprint density at radius 2 is 1.83 bits per heavy atom. The van der Waals surface area contributed by atoms with E-state index in [1.54, 1.807) is 0 Å². The van der Waals surface area contributed by atoms with Gasteiger partial charge in [0.25, 0.3) is 5.92 Å². The second kappa shape index (κ2) is 5.00.